The number of carbonyl (C=O) groups excluding carboxylic acids is 1. The number of halogens is 1. The third-order valence-electron chi connectivity index (χ3n) is 7.13. The molecule has 1 amide bonds. The van der Waals surface area contributed by atoms with Crippen LogP contribution in [0.25, 0.3) is 11.0 Å². The molecule has 2 fully saturated rings. The lowest BCUT2D eigenvalue weighted by Gasteiger charge is -2.35. The van der Waals surface area contributed by atoms with Crippen LogP contribution in [0.5, 0.6) is 0 Å². The first-order valence-electron chi connectivity index (χ1n) is 11.2. The van der Waals surface area contributed by atoms with Gasteiger partial charge in [-0.15, -0.1) is 0 Å². The normalized spacial score (nSPS) is 19.6. The highest BCUT2D eigenvalue weighted by Crippen LogP contribution is 2.29. The molecule has 162 valence electrons. The highest BCUT2D eigenvalue weighted by Gasteiger charge is 2.34. The number of amides is 1. The van der Waals surface area contributed by atoms with Crippen molar-refractivity contribution in [1.29, 1.82) is 0 Å². The van der Waals surface area contributed by atoms with Gasteiger partial charge in [0.15, 0.2) is 0 Å². The van der Waals surface area contributed by atoms with E-state index in [1.165, 1.54) is 25.3 Å². The summed E-state index contributed by atoms with van der Waals surface area (Å²) in [5.41, 5.74) is 2.86. The van der Waals surface area contributed by atoms with Crippen molar-refractivity contribution in [3.8, 4) is 0 Å². The molecule has 0 spiro atoms. The van der Waals surface area contributed by atoms with Gasteiger partial charge < -0.3 is 9.47 Å². The van der Waals surface area contributed by atoms with E-state index >= 15 is 0 Å². The molecule has 1 saturated carbocycles. The Hall–Kier alpha value is -2.73. The van der Waals surface area contributed by atoms with Crippen LogP contribution in [-0.2, 0) is 6.54 Å². The van der Waals surface area contributed by atoms with Crippen LogP contribution >= 0.6 is 0 Å². The van der Waals surface area contributed by atoms with Gasteiger partial charge in [-0.3, -0.25) is 9.69 Å². The van der Waals surface area contributed by atoms with Crippen molar-refractivity contribution in [3.05, 3.63) is 65.2 Å². The van der Waals surface area contributed by atoms with Gasteiger partial charge in [-0.05, 0) is 50.5 Å². The van der Waals surface area contributed by atoms with Crippen LogP contribution in [0.1, 0.15) is 47.4 Å². The van der Waals surface area contributed by atoms with E-state index in [1.54, 1.807) is 17.0 Å². The number of aryl methyl sites for hydroxylation is 1. The van der Waals surface area contributed by atoms with Crippen molar-refractivity contribution in [3.63, 3.8) is 0 Å². The fourth-order valence-corrected chi connectivity index (χ4v) is 4.91. The van der Waals surface area contributed by atoms with Crippen molar-refractivity contribution in [1.82, 2.24) is 19.4 Å². The molecule has 2 aliphatic rings. The number of likely N-dealkylation sites (N-methyl/N-ethyl adjacent to an activating group) is 1. The van der Waals surface area contributed by atoms with Crippen molar-refractivity contribution in [2.45, 2.75) is 51.2 Å². The van der Waals surface area contributed by atoms with Crippen molar-refractivity contribution in [2.24, 2.45) is 0 Å². The van der Waals surface area contributed by atoms with E-state index in [4.69, 9.17) is 0 Å². The molecule has 3 aromatic rings. The fraction of sp³-hybridized carbons (Fsp3) is 0.440. The first-order valence-corrected chi connectivity index (χ1v) is 11.2. The molecule has 5 rings (SSSR count). The molecule has 1 aliphatic carbocycles. The zero-order chi connectivity index (χ0) is 21.5. The number of likely N-dealkylation sites (tertiary alicyclic amines) is 1. The van der Waals surface area contributed by atoms with Crippen molar-refractivity contribution in [2.75, 3.05) is 20.1 Å². The second-order valence-electron chi connectivity index (χ2n) is 8.98. The lowest BCUT2D eigenvalue weighted by atomic mass is 9.92. The minimum Gasteiger partial charge on any atom is -0.337 e. The molecule has 1 aliphatic heterocycles. The van der Waals surface area contributed by atoms with Gasteiger partial charge in [0.25, 0.3) is 5.91 Å². The van der Waals surface area contributed by atoms with Gasteiger partial charge in [0, 0.05) is 43.3 Å². The first kappa shape index (κ1) is 20.2. The average molecular weight is 421 g/mol. The van der Waals surface area contributed by atoms with Gasteiger partial charge in [-0.1, -0.05) is 24.6 Å². The Balaban J connectivity index is 1.31. The van der Waals surface area contributed by atoms with E-state index in [2.05, 4.69) is 9.88 Å². The van der Waals surface area contributed by atoms with Crippen molar-refractivity contribution >= 4 is 16.9 Å². The van der Waals surface area contributed by atoms with E-state index in [1.807, 2.05) is 42.8 Å². The van der Waals surface area contributed by atoms with Gasteiger partial charge in [0.05, 0.1) is 17.6 Å². The molecular formula is C25H29FN4O. The zero-order valence-corrected chi connectivity index (χ0v) is 18.2. The molecule has 2 aromatic carbocycles. The van der Waals surface area contributed by atoms with Crippen LogP contribution in [0.4, 0.5) is 4.39 Å². The van der Waals surface area contributed by atoms with E-state index in [-0.39, 0.29) is 17.8 Å². The predicted molar refractivity (Wildman–Crippen MR) is 120 cm³/mol. The molecular weight excluding hydrogens is 391 g/mol. The third kappa shape index (κ3) is 3.74. The number of carbonyl (C=O) groups is 1. The summed E-state index contributed by atoms with van der Waals surface area (Å²) in [6.45, 7) is 4.31. The number of para-hydroxylation sites is 2. The molecule has 0 radical (unpaired) electrons. The summed E-state index contributed by atoms with van der Waals surface area (Å²) >= 11 is 0. The van der Waals surface area contributed by atoms with Crippen LogP contribution in [0.15, 0.2) is 42.5 Å². The predicted octanol–water partition coefficient (Wildman–Crippen LogP) is 4.23. The molecule has 31 heavy (non-hydrogen) atoms. The number of hydrogen-bond donors (Lipinski definition) is 0. The molecule has 1 atom stereocenters. The highest BCUT2D eigenvalue weighted by atomic mass is 19.1. The lowest BCUT2D eigenvalue weighted by Crippen LogP contribution is -2.43. The summed E-state index contributed by atoms with van der Waals surface area (Å²) in [6, 6.07) is 13.7. The molecule has 5 nitrogen and oxygen atoms in total. The van der Waals surface area contributed by atoms with Crippen LogP contribution in [0.2, 0.25) is 0 Å². The molecule has 0 N–H and O–H groups in total. The maximum atomic E-state index is 15.0. The van der Waals surface area contributed by atoms with Crippen LogP contribution in [-0.4, -0.2) is 57.5 Å². The van der Waals surface area contributed by atoms with E-state index in [9.17, 15) is 9.18 Å². The Morgan fingerprint density at radius 3 is 2.74 bits per heavy atom. The minimum atomic E-state index is -0.348. The maximum absolute atomic E-state index is 15.0. The molecule has 1 unspecified atom stereocenters. The summed E-state index contributed by atoms with van der Waals surface area (Å²) in [6.07, 6.45) is 4.87. The van der Waals surface area contributed by atoms with E-state index in [0.29, 0.717) is 23.7 Å². The van der Waals surface area contributed by atoms with E-state index < -0.39 is 0 Å². The Labute approximate surface area is 182 Å². The minimum absolute atomic E-state index is 0.102. The summed E-state index contributed by atoms with van der Waals surface area (Å²) in [7, 11) is 1.85. The smallest absolute Gasteiger partial charge is 0.253 e. The second kappa shape index (κ2) is 8.08. The van der Waals surface area contributed by atoms with Crippen LogP contribution in [0.3, 0.4) is 0 Å². The monoisotopic (exact) mass is 420 g/mol. The molecule has 0 bridgehead atoms. The first-order chi connectivity index (χ1) is 15.0. The maximum Gasteiger partial charge on any atom is 0.253 e. The van der Waals surface area contributed by atoms with Gasteiger partial charge in [-0.2, -0.15) is 0 Å². The lowest BCUT2D eigenvalue weighted by molar-refractivity contribution is 0.0719. The van der Waals surface area contributed by atoms with Crippen molar-refractivity contribution < 1.29 is 9.18 Å². The Morgan fingerprint density at radius 2 is 2.00 bits per heavy atom. The summed E-state index contributed by atoms with van der Waals surface area (Å²) in [5.74, 6) is 0.395. The van der Waals surface area contributed by atoms with Crippen LogP contribution in [0, 0.1) is 12.7 Å². The number of fused-ring (bicyclic) bond motifs is 1. The van der Waals surface area contributed by atoms with Gasteiger partial charge in [0.1, 0.15) is 11.6 Å². The standard InChI is InChI=1S/C25H29FN4O/c1-17-27-23-8-3-4-9-24(23)30(17)15-19-11-10-18(14-22(19)26)25(31)28(2)21-12-13-29(16-21)20-6-5-7-20/h3-4,8-11,14,20-21H,5-7,12-13,15-16H2,1-2H3. The van der Waals surface area contributed by atoms with Gasteiger partial charge in [0.2, 0.25) is 0 Å². The zero-order valence-electron chi connectivity index (χ0n) is 18.2. The number of nitrogens with zero attached hydrogens (tertiary/aromatic N) is 4. The third-order valence-corrected chi connectivity index (χ3v) is 7.13. The second-order valence-corrected chi connectivity index (χ2v) is 8.98. The Bertz CT molecular complexity index is 1120. The molecule has 6 heteroatoms. The summed E-state index contributed by atoms with van der Waals surface area (Å²) in [5, 5.41) is 0. The van der Waals surface area contributed by atoms with E-state index in [0.717, 1.165) is 36.4 Å². The Kier molecular flexibility index (Phi) is 5.26. The summed E-state index contributed by atoms with van der Waals surface area (Å²) in [4.78, 5) is 21.9. The average Bonchev–Trinajstić information content (AvgIpc) is 3.32. The molecule has 2 heterocycles. The topological polar surface area (TPSA) is 41.4 Å². The molecule has 1 saturated heterocycles. The number of rotatable bonds is 5. The number of imidazole rings is 1. The van der Waals surface area contributed by atoms with Gasteiger partial charge >= 0.3 is 0 Å². The fourth-order valence-electron chi connectivity index (χ4n) is 4.91. The summed E-state index contributed by atoms with van der Waals surface area (Å²) < 4.78 is 17.0. The number of benzene rings is 2. The number of hydrogen-bond acceptors (Lipinski definition) is 3. The largest absolute Gasteiger partial charge is 0.337 e. The Morgan fingerprint density at radius 1 is 1.19 bits per heavy atom. The molecule has 1 aromatic heterocycles. The number of aromatic nitrogens is 2. The highest BCUT2D eigenvalue weighted by molar-refractivity contribution is 5.94. The SMILES string of the molecule is Cc1nc2ccccc2n1Cc1ccc(C(=O)N(C)C2CCN(C3CCC3)C2)cc1F. The quantitative estimate of drug-likeness (QED) is 0.620. The van der Waals surface area contributed by atoms with Crippen LogP contribution < -0.4 is 0 Å². The van der Waals surface area contributed by atoms with Gasteiger partial charge in [-0.25, -0.2) is 9.37 Å².